The second-order valence-corrected chi connectivity index (χ2v) is 4.39. The molecule has 19 heavy (non-hydrogen) atoms. The van der Waals surface area contributed by atoms with E-state index in [4.69, 9.17) is 10.8 Å². The van der Waals surface area contributed by atoms with Crippen molar-refractivity contribution in [3.8, 4) is 0 Å². The second-order valence-electron chi connectivity index (χ2n) is 4.39. The number of hydrogen-bond donors (Lipinski definition) is 4. The Hall–Kier alpha value is -1.79. The first-order valence-electron chi connectivity index (χ1n) is 6.51. The van der Waals surface area contributed by atoms with Crippen LogP contribution in [0.4, 0.5) is 4.79 Å². The summed E-state index contributed by atoms with van der Waals surface area (Å²) >= 11 is 0. The minimum Gasteiger partial charge on any atom is -0.480 e. The molecule has 0 bridgehead atoms. The van der Waals surface area contributed by atoms with E-state index in [0.29, 0.717) is 25.7 Å². The molecule has 0 aromatic carbocycles. The summed E-state index contributed by atoms with van der Waals surface area (Å²) in [7, 11) is 0. The first kappa shape index (κ1) is 17.2. The van der Waals surface area contributed by atoms with Gasteiger partial charge in [-0.15, -0.1) is 0 Å². The average Bonchev–Trinajstić information content (AvgIpc) is 2.32. The van der Waals surface area contributed by atoms with Crippen molar-refractivity contribution in [3.05, 3.63) is 0 Å². The molecule has 5 N–H and O–H groups in total. The number of unbranched alkanes of at least 4 members (excludes halogenated alkanes) is 1. The summed E-state index contributed by atoms with van der Waals surface area (Å²) in [6, 6.07) is -2.51. The predicted molar refractivity (Wildman–Crippen MR) is 70.5 cm³/mol. The van der Waals surface area contributed by atoms with Crippen LogP contribution in [0.5, 0.6) is 0 Å². The Balaban J connectivity index is 4.55. The number of carboxylic acid groups (broad SMARTS) is 1. The molecular formula is C12H23N3O4. The van der Waals surface area contributed by atoms with E-state index in [1.165, 1.54) is 0 Å². The van der Waals surface area contributed by atoms with Gasteiger partial charge < -0.3 is 21.5 Å². The maximum Gasteiger partial charge on any atom is 0.326 e. The lowest BCUT2D eigenvalue weighted by molar-refractivity contribution is -0.142. The molecule has 1 unspecified atom stereocenters. The zero-order chi connectivity index (χ0) is 14.8. The van der Waals surface area contributed by atoms with E-state index in [9.17, 15) is 14.4 Å². The van der Waals surface area contributed by atoms with E-state index in [1.54, 1.807) is 0 Å². The number of aliphatic carboxylic acids is 1. The van der Waals surface area contributed by atoms with Gasteiger partial charge in [0.05, 0.1) is 0 Å². The number of hydrogen-bond acceptors (Lipinski definition) is 3. The van der Waals surface area contributed by atoms with Crippen LogP contribution in [-0.2, 0) is 9.59 Å². The molecule has 0 aromatic heterocycles. The van der Waals surface area contributed by atoms with Crippen LogP contribution in [0.2, 0.25) is 0 Å². The third-order valence-corrected chi connectivity index (χ3v) is 2.67. The van der Waals surface area contributed by atoms with Crippen LogP contribution in [0.25, 0.3) is 0 Å². The lowest BCUT2D eigenvalue weighted by atomic mass is 10.1. The van der Waals surface area contributed by atoms with Gasteiger partial charge in [0.25, 0.3) is 0 Å². The zero-order valence-corrected chi connectivity index (χ0v) is 11.4. The summed E-state index contributed by atoms with van der Waals surface area (Å²) in [5.74, 6) is -1.58. The number of carbonyl (C=O) groups excluding carboxylic acids is 2. The van der Waals surface area contributed by atoms with Gasteiger partial charge in [-0.2, -0.15) is 0 Å². The van der Waals surface area contributed by atoms with E-state index in [2.05, 4.69) is 10.6 Å². The van der Waals surface area contributed by atoms with Crippen molar-refractivity contribution in [2.75, 3.05) is 0 Å². The minimum atomic E-state index is -1.07. The average molecular weight is 273 g/mol. The highest BCUT2D eigenvalue weighted by Gasteiger charge is 2.24. The summed E-state index contributed by atoms with van der Waals surface area (Å²) < 4.78 is 0. The Morgan fingerprint density at radius 2 is 1.68 bits per heavy atom. The van der Waals surface area contributed by atoms with Gasteiger partial charge in [-0.25, -0.2) is 9.59 Å². The van der Waals surface area contributed by atoms with E-state index in [0.717, 1.165) is 6.42 Å². The molecule has 0 saturated heterocycles. The summed E-state index contributed by atoms with van der Waals surface area (Å²) in [6.45, 7) is 3.80. The number of urea groups is 1. The maximum atomic E-state index is 11.9. The van der Waals surface area contributed by atoms with E-state index >= 15 is 0 Å². The maximum absolute atomic E-state index is 11.9. The van der Waals surface area contributed by atoms with Crippen LogP contribution in [0, 0.1) is 0 Å². The van der Waals surface area contributed by atoms with Crippen LogP contribution < -0.4 is 16.4 Å². The van der Waals surface area contributed by atoms with Crippen LogP contribution in [0.3, 0.4) is 0 Å². The highest BCUT2D eigenvalue weighted by Crippen LogP contribution is 2.03. The molecule has 0 aromatic rings. The Bertz CT molecular complexity index is 320. The molecular weight excluding hydrogens is 250 g/mol. The smallest absolute Gasteiger partial charge is 0.326 e. The molecule has 0 aliphatic rings. The van der Waals surface area contributed by atoms with Gasteiger partial charge in [0.15, 0.2) is 0 Å². The predicted octanol–water partition coefficient (Wildman–Crippen LogP) is 0.583. The molecule has 2 atom stereocenters. The van der Waals surface area contributed by atoms with Crippen LogP contribution in [0.15, 0.2) is 0 Å². The molecule has 0 spiro atoms. The van der Waals surface area contributed by atoms with E-state index in [1.807, 2.05) is 13.8 Å². The SMILES string of the molecule is CCCCC(NC(=O)[C@@H](CCC)NC(N)=O)C(=O)O. The van der Waals surface area contributed by atoms with Crippen molar-refractivity contribution in [1.29, 1.82) is 0 Å². The highest BCUT2D eigenvalue weighted by molar-refractivity contribution is 5.89. The van der Waals surface area contributed by atoms with Crippen molar-refractivity contribution in [2.24, 2.45) is 5.73 Å². The van der Waals surface area contributed by atoms with Gasteiger partial charge in [-0.3, -0.25) is 4.79 Å². The van der Waals surface area contributed by atoms with Crippen molar-refractivity contribution >= 4 is 17.9 Å². The van der Waals surface area contributed by atoms with Gasteiger partial charge in [0.1, 0.15) is 12.1 Å². The fourth-order valence-corrected chi connectivity index (χ4v) is 1.67. The molecule has 7 nitrogen and oxygen atoms in total. The normalized spacial score (nSPS) is 13.4. The fraction of sp³-hybridized carbons (Fsp3) is 0.750. The highest BCUT2D eigenvalue weighted by atomic mass is 16.4. The standard InChI is InChI=1S/C12H23N3O4/c1-3-5-7-9(11(17)18)14-10(16)8(6-4-2)15-12(13)19/h8-9H,3-7H2,1-2H3,(H,14,16)(H,17,18)(H3,13,15,19)/t8-,9?/m1/s1. The summed E-state index contributed by atoms with van der Waals surface area (Å²) in [5, 5.41) is 13.8. The number of carbonyl (C=O) groups is 3. The number of nitrogens with two attached hydrogens (primary N) is 1. The Kier molecular flexibility index (Phi) is 8.32. The number of nitrogens with one attached hydrogen (secondary N) is 2. The van der Waals surface area contributed by atoms with Crippen molar-refractivity contribution < 1.29 is 19.5 Å². The molecule has 0 fully saturated rings. The van der Waals surface area contributed by atoms with Gasteiger partial charge in [-0.05, 0) is 12.8 Å². The fourth-order valence-electron chi connectivity index (χ4n) is 1.67. The molecule has 7 heteroatoms. The molecule has 0 saturated carbocycles. The monoisotopic (exact) mass is 273 g/mol. The number of rotatable bonds is 9. The summed E-state index contributed by atoms with van der Waals surface area (Å²) in [6.07, 6.45) is 3.00. The third-order valence-electron chi connectivity index (χ3n) is 2.67. The molecule has 0 radical (unpaired) electrons. The Morgan fingerprint density at radius 3 is 2.11 bits per heavy atom. The number of primary amides is 1. The zero-order valence-electron chi connectivity index (χ0n) is 11.4. The molecule has 0 heterocycles. The molecule has 0 aliphatic heterocycles. The molecule has 0 rings (SSSR count). The quantitative estimate of drug-likeness (QED) is 0.491. The lowest BCUT2D eigenvalue weighted by Gasteiger charge is -2.20. The van der Waals surface area contributed by atoms with E-state index < -0.39 is 30.0 Å². The van der Waals surface area contributed by atoms with Gasteiger partial charge in [0, 0.05) is 0 Å². The van der Waals surface area contributed by atoms with Gasteiger partial charge >= 0.3 is 12.0 Å². The topological polar surface area (TPSA) is 122 Å². The molecule has 0 aliphatic carbocycles. The first-order valence-corrected chi connectivity index (χ1v) is 6.51. The van der Waals surface area contributed by atoms with E-state index in [-0.39, 0.29) is 0 Å². The largest absolute Gasteiger partial charge is 0.480 e. The van der Waals surface area contributed by atoms with Gasteiger partial charge in [-0.1, -0.05) is 33.1 Å². The van der Waals surface area contributed by atoms with Crippen LogP contribution in [0.1, 0.15) is 46.0 Å². The number of amides is 3. The third kappa shape index (κ3) is 7.28. The first-order chi connectivity index (χ1) is 8.92. The van der Waals surface area contributed by atoms with Crippen molar-refractivity contribution in [2.45, 2.75) is 58.0 Å². The summed E-state index contributed by atoms with van der Waals surface area (Å²) in [4.78, 5) is 33.7. The van der Waals surface area contributed by atoms with Crippen LogP contribution in [-0.4, -0.2) is 35.1 Å². The number of carboxylic acids is 1. The summed E-state index contributed by atoms with van der Waals surface area (Å²) in [5.41, 5.74) is 4.99. The van der Waals surface area contributed by atoms with Gasteiger partial charge in [0.2, 0.25) is 5.91 Å². The lowest BCUT2D eigenvalue weighted by Crippen LogP contribution is -2.52. The minimum absolute atomic E-state index is 0.368. The molecule has 3 amide bonds. The van der Waals surface area contributed by atoms with Crippen molar-refractivity contribution in [3.63, 3.8) is 0 Å². The van der Waals surface area contributed by atoms with Crippen LogP contribution >= 0.6 is 0 Å². The Labute approximate surface area is 112 Å². The van der Waals surface area contributed by atoms with Crippen molar-refractivity contribution in [1.82, 2.24) is 10.6 Å². The molecule has 110 valence electrons. The Morgan fingerprint density at radius 1 is 1.05 bits per heavy atom. The second kappa shape index (κ2) is 9.18.